The molecular weight excluding hydrogens is 260 g/mol. The summed E-state index contributed by atoms with van der Waals surface area (Å²) in [6.07, 6.45) is 1.12. The molecule has 0 aromatic heterocycles. The van der Waals surface area contributed by atoms with Gasteiger partial charge < -0.3 is 9.64 Å². The van der Waals surface area contributed by atoms with Crippen LogP contribution < -0.4 is 4.74 Å². The molecule has 0 aliphatic heterocycles. The Bertz CT molecular complexity index is 410. The third kappa shape index (κ3) is 6.21. The van der Waals surface area contributed by atoms with Crippen LogP contribution in [0.5, 0.6) is 5.75 Å². The normalized spacial score (nSPS) is 10.7. The minimum Gasteiger partial charge on any atom is -0.487 e. The molecule has 0 saturated carbocycles. The molecule has 0 heterocycles. The minimum absolute atomic E-state index is 0.548. The Kier molecular flexibility index (Phi) is 7.91. The lowest BCUT2D eigenvalue weighted by atomic mass is 10.2. The van der Waals surface area contributed by atoms with Crippen molar-refractivity contribution in [1.29, 1.82) is 0 Å². The highest BCUT2D eigenvalue weighted by Gasteiger charge is 2.04. The fourth-order valence-electron chi connectivity index (χ4n) is 2.17. The maximum Gasteiger partial charge on any atom is 0.127 e. The van der Waals surface area contributed by atoms with Gasteiger partial charge in [-0.25, -0.2) is 0 Å². The van der Waals surface area contributed by atoms with Crippen LogP contribution in [0.3, 0.4) is 0 Å². The highest BCUT2D eigenvalue weighted by atomic mass is 16.5. The maximum absolute atomic E-state index is 5.79. The Labute approximate surface area is 130 Å². The van der Waals surface area contributed by atoms with Crippen molar-refractivity contribution in [2.75, 3.05) is 33.3 Å². The van der Waals surface area contributed by atoms with Gasteiger partial charge in [0, 0.05) is 25.8 Å². The molecule has 3 nitrogen and oxygen atoms in total. The number of likely N-dealkylation sites (N-methyl/N-ethyl adjacent to an activating group) is 1. The second-order valence-corrected chi connectivity index (χ2v) is 5.38. The lowest BCUT2D eigenvalue weighted by Gasteiger charge is -2.21. The topological polar surface area (TPSA) is 15.7 Å². The van der Waals surface area contributed by atoms with Crippen molar-refractivity contribution < 1.29 is 4.74 Å². The molecule has 0 radical (unpaired) electrons. The first-order chi connectivity index (χ1) is 10.1. The number of ether oxygens (including phenoxy) is 1. The molecule has 21 heavy (non-hydrogen) atoms. The molecule has 0 amide bonds. The molecular formula is C18H30N2O. The van der Waals surface area contributed by atoms with Gasteiger partial charge in [0.15, 0.2) is 0 Å². The van der Waals surface area contributed by atoms with Crippen LogP contribution >= 0.6 is 0 Å². The second kappa shape index (κ2) is 9.46. The fourth-order valence-corrected chi connectivity index (χ4v) is 2.17. The molecule has 1 rings (SSSR count). The van der Waals surface area contributed by atoms with Gasteiger partial charge in [-0.3, -0.25) is 4.90 Å². The molecule has 1 aromatic carbocycles. The fraction of sp³-hybridized carbons (Fsp3) is 0.556. The zero-order chi connectivity index (χ0) is 15.7. The smallest absolute Gasteiger partial charge is 0.127 e. The summed E-state index contributed by atoms with van der Waals surface area (Å²) < 4.78 is 5.79. The largest absolute Gasteiger partial charge is 0.487 e. The third-order valence-electron chi connectivity index (χ3n) is 3.73. The van der Waals surface area contributed by atoms with Crippen LogP contribution in [0.1, 0.15) is 32.8 Å². The van der Waals surface area contributed by atoms with Crippen molar-refractivity contribution in [1.82, 2.24) is 9.80 Å². The number of hydrogen-bond donors (Lipinski definition) is 0. The maximum atomic E-state index is 5.79. The van der Waals surface area contributed by atoms with E-state index in [1.54, 1.807) is 0 Å². The van der Waals surface area contributed by atoms with Gasteiger partial charge in [-0.2, -0.15) is 0 Å². The molecule has 0 N–H and O–H groups in total. The van der Waals surface area contributed by atoms with Gasteiger partial charge in [0.25, 0.3) is 0 Å². The van der Waals surface area contributed by atoms with Crippen molar-refractivity contribution >= 4 is 0 Å². The Morgan fingerprint density at radius 2 is 1.71 bits per heavy atom. The van der Waals surface area contributed by atoms with Crippen molar-refractivity contribution in [3.8, 4) is 5.75 Å². The minimum atomic E-state index is 0.548. The monoisotopic (exact) mass is 290 g/mol. The second-order valence-electron chi connectivity index (χ2n) is 5.38. The van der Waals surface area contributed by atoms with E-state index in [9.17, 15) is 0 Å². The van der Waals surface area contributed by atoms with Crippen molar-refractivity contribution in [2.24, 2.45) is 0 Å². The number of nitrogens with zero attached hydrogens (tertiary/aromatic N) is 2. The summed E-state index contributed by atoms with van der Waals surface area (Å²) in [5.41, 5.74) is 2.34. The molecule has 0 bridgehead atoms. The van der Waals surface area contributed by atoms with E-state index in [0.717, 1.165) is 44.0 Å². The summed E-state index contributed by atoms with van der Waals surface area (Å²) >= 11 is 0. The Hall–Kier alpha value is -1.48. The van der Waals surface area contributed by atoms with Crippen molar-refractivity contribution in [2.45, 2.75) is 33.7 Å². The number of rotatable bonds is 10. The molecule has 118 valence electrons. The van der Waals surface area contributed by atoms with Crippen LogP contribution in [-0.2, 0) is 6.54 Å². The van der Waals surface area contributed by atoms with Gasteiger partial charge in [0.2, 0.25) is 0 Å². The summed E-state index contributed by atoms with van der Waals surface area (Å²) in [6, 6.07) is 8.39. The molecule has 0 aliphatic rings. The molecule has 0 fully saturated rings. The SMILES string of the molecule is C=C(COc1ccc(CN(CC)CC)cc1)N(C)CCC. The van der Waals surface area contributed by atoms with Crippen LogP contribution in [0.25, 0.3) is 0 Å². The highest BCUT2D eigenvalue weighted by molar-refractivity contribution is 5.27. The van der Waals surface area contributed by atoms with Crippen molar-refractivity contribution in [3.63, 3.8) is 0 Å². The first-order valence-corrected chi connectivity index (χ1v) is 7.93. The van der Waals surface area contributed by atoms with Crippen LogP contribution in [0.15, 0.2) is 36.5 Å². The van der Waals surface area contributed by atoms with Gasteiger partial charge in [0.1, 0.15) is 12.4 Å². The van der Waals surface area contributed by atoms with Crippen molar-refractivity contribution in [3.05, 3.63) is 42.1 Å². The van der Waals surface area contributed by atoms with Gasteiger partial charge in [-0.05, 0) is 37.2 Å². The van der Waals surface area contributed by atoms with Crippen LogP contribution in [-0.4, -0.2) is 43.1 Å². The van der Waals surface area contributed by atoms with E-state index in [0.29, 0.717) is 6.61 Å². The van der Waals surface area contributed by atoms with Gasteiger partial charge in [-0.1, -0.05) is 39.5 Å². The molecule has 1 aromatic rings. The summed E-state index contributed by atoms with van der Waals surface area (Å²) in [5.74, 6) is 0.907. The van der Waals surface area contributed by atoms with E-state index < -0.39 is 0 Å². The summed E-state index contributed by atoms with van der Waals surface area (Å²) in [5, 5.41) is 0. The summed E-state index contributed by atoms with van der Waals surface area (Å²) in [7, 11) is 2.06. The third-order valence-corrected chi connectivity index (χ3v) is 3.73. The summed E-state index contributed by atoms with van der Waals surface area (Å²) in [4.78, 5) is 4.55. The van der Waals surface area contributed by atoms with E-state index in [1.165, 1.54) is 5.56 Å². The predicted molar refractivity (Wildman–Crippen MR) is 90.6 cm³/mol. The quantitative estimate of drug-likeness (QED) is 0.652. The first kappa shape index (κ1) is 17.6. The zero-order valence-corrected chi connectivity index (χ0v) is 14.1. The molecule has 0 aliphatic carbocycles. The van der Waals surface area contributed by atoms with E-state index in [4.69, 9.17) is 4.74 Å². The van der Waals surface area contributed by atoms with E-state index >= 15 is 0 Å². The Morgan fingerprint density at radius 1 is 1.10 bits per heavy atom. The standard InChI is InChI=1S/C18H30N2O/c1-6-13-19(5)16(4)15-21-18-11-9-17(10-12-18)14-20(7-2)8-3/h9-12H,4,6-8,13-15H2,1-3,5H3. The van der Waals surface area contributed by atoms with Crippen LogP contribution in [0.4, 0.5) is 0 Å². The lowest BCUT2D eigenvalue weighted by Crippen LogP contribution is -2.22. The summed E-state index contributed by atoms with van der Waals surface area (Å²) in [6.45, 7) is 15.3. The van der Waals surface area contributed by atoms with Crippen LogP contribution in [0.2, 0.25) is 0 Å². The highest BCUT2D eigenvalue weighted by Crippen LogP contribution is 2.15. The molecule has 0 unspecified atom stereocenters. The molecule has 0 atom stereocenters. The van der Waals surface area contributed by atoms with Gasteiger partial charge in [0.05, 0.1) is 0 Å². The molecule has 3 heteroatoms. The molecule has 0 spiro atoms. The van der Waals surface area contributed by atoms with Gasteiger partial charge in [-0.15, -0.1) is 0 Å². The average Bonchev–Trinajstić information content (AvgIpc) is 2.51. The number of benzene rings is 1. The van der Waals surface area contributed by atoms with E-state index in [2.05, 4.69) is 56.3 Å². The lowest BCUT2D eigenvalue weighted by molar-refractivity contribution is 0.290. The first-order valence-electron chi connectivity index (χ1n) is 7.93. The zero-order valence-electron chi connectivity index (χ0n) is 14.1. The number of hydrogen-bond acceptors (Lipinski definition) is 3. The van der Waals surface area contributed by atoms with E-state index in [-0.39, 0.29) is 0 Å². The molecule has 0 saturated heterocycles. The van der Waals surface area contributed by atoms with Crippen LogP contribution in [0, 0.1) is 0 Å². The van der Waals surface area contributed by atoms with Gasteiger partial charge >= 0.3 is 0 Å². The average molecular weight is 290 g/mol. The predicted octanol–water partition coefficient (Wildman–Crippen LogP) is 3.76. The Morgan fingerprint density at radius 3 is 2.24 bits per heavy atom. The van der Waals surface area contributed by atoms with E-state index in [1.807, 2.05) is 12.1 Å². The Balaban J connectivity index is 2.46.